The lowest BCUT2D eigenvalue weighted by molar-refractivity contribution is 0.0892. The summed E-state index contributed by atoms with van der Waals surface area (Å²) < 4.78 is 5.29. The Hall–Kier alpha value is -0.610. The normalized spacial score (nSPS) is 11.8. The van der Waals surface area contributed by atoms with Crippen molar-refractivity contribution in [2.45, 2.75) is 25.2 Å². The van der Waals surface area contributed by atoms with Gasteiger partial charge < -0.3 is 14.9 Å². The second-order valence-electron chi connectivity index (χ2n) is 4.38. The highest BCUT2D eigenvalue weighted by Crippen LogP contribution is 2.33. The average molecular weight is 273 g/mol. The molecular formula is C14H21ClO3. The van der Waals surface area contributed by atoms with Crippen LogP contribution >= 0.6 is 11.6 Å². The number of aliphatic hydroxyl groups excluding tert-OH is 2. The van der Waals surface area contributed by atoms with Crippen LogP contribution in [0, 0.1) is 0 Å². The molecule has 0 spiro atoms. The Labute approximate surface area is 113 Å². The number of halogens is 1. The van der Waals surface area contributed by atoms with Crippen molar-refractivity contribution in [1.82, 2.24) is 0 Å². The van der Waals surface area contributed by atoms with Crippen molar-refractivity contribution in [3.8, 4) is 0 Å². The lowest BCUT2D eigenvalue weighted by Crippen LogP contribution is -2.35. The van der Waals surface area contributed by atoms with Crippen molar-refractivity contribution in [2.75, 3.05) is 26.4 Å². The molecule has 0 aliphatic heterocycles. The van der Waals surface area contributed by atoms with Gasteiger partial charge in [0.25, 0.3) is 0 Å². The molecular weight excluding hydrogens is 252 g/mol. The molecule has 1 rings (SSSR count). The quantitative estimate of drug-likeness (QED) is 0.715. The molecule has 1 aromatic rings. The van der Waals surface area contributed by atoms with E-state index in [4.69, 9.17) is 16.3 Å². The lowest BCUT2D eigenvalue weighted by atomic mass is 9.78. The topological polar surface area (TPSA) is 49.7 Å². The highest BCUT2D eigenvalue weighted by Gasteiger charge is 2.32. The number of rotatable bonds is 8. The Morgan fingerprint density at radius 1 is 1.22 bits per heavy atom. The summed E-state index contributed by atoms with van der Waals surface area (Å²) in [4.78, 5) is 0. The van der Waals surface area contributed by atoms with Gasteiger partial charge in [0.15, 0.2) is 0 Å². The van der Waals surface area contributed by atoms with E-state index in [0.717, 1.165) is 12.0 Å². The molecule has 0 atom stereocenters. The minimum atomic E-state index is -0.685. The van der Waals surface area contributed by atoms with Crippen LogP contribution in [-0.2, 0) is 10.2 Å². The molecule has 102 valence electrons. The van der Waals surface area contributed by atoms with Crippen molar-refractivity contribution in [3.05, 3.63) is 34.9 Å². The third-order valence-corrected chi connectivity index (χ3v) is 3.53. The first-order valence-electron chi connectivity index (χ1n) is 6.24. The van der Waals surface area contributed by atoms with Crippen LogP contribution in [0.2, 0.25) is 5.02 Å². The van der Waals surface area contributed by atoms with Crippen LogP contribution in [0.5, 0.6) is 0 Å². The minimum Gasteiger partial charge on any atom is -0.395 e. The van der Waals surface area contributed by atoms with Gasteiger partial charge in [0.1, 0.15) is 0 Å². The standard InChI is InChI=1S/C14H21ClO3/c1-2-18-9-5-8-14(10-16,11-17)12-6-3-4-7-13(12)15/h3-4,6-7,16-17H,2,5,8-11H2,1H3. The van der Waals surface area contributed by atoms with Gasteiger partial charge in [-0.25, -0.2) is 0 Å². The summed E-state index contributed by atoms with van der Waals surface area (Å²) >= 11 is 6.15. The molecule has 2 N–H and O–H groups in total. The fourth-order valence-corrected chi connectivity index (χ4v) is 2.40. The number of aliphatic hydroxyl groups is 2. The van der Waals surface area contributed by atoms with Gasteiger partial charge in [0.05, 0.1) is 13.2 Å². The van der Waals surface area contributed by atoms with Gasteiger partial charge >= 0.3 is 0 Å². The summed E-state index contributed by atoms with van der Waals surface area (Å²) in [6.45, 7) is 3.00. The fourth-order valence-electron chi connectivity index (χ4n) is 2.06. The molecule has 0 radical (unpaired) electrons. The van der Waals surface area contributed by atoms with Gasteiger partial charge in [0.2, 0.25) is 0 Å². The molecule has 4 heteroatoms. The highest BCUT2D eigenvalue weighted by molar-refractivity contribution is 6.31. The summed E-state index contributed by atoms with van der Waals surface area (Å²) in [5, 5.41) is 19.9. The number of hydrogen-bond acceptors (Lipinski definition) is 3. The number of ether oxygens (including phenoxy) is 1. The lowest BCUT2D eigenvalue weighted by Gasteiger charge is -2.31. The van der Waals surface area contributed by atoms with Crippen molar-refractivity contribution >= 4 is 11.6 Å². The van der Waals surface area contributed by atoms with Crippen LogP contribution < -0.4 is 0 Å². The summed E-state index contributed by atoms with van der Waals surface area (Å²) in [7, 11) is 0. The van der Waals surface area contributed by atoms with E-state index in [2.05, 4.69) is 0 Å². The number of hydrogen-bond donors (Lipinski definition) is 2. The molecule has 0 aromatic heterocycles. The predicted molar refractivity (Wildman–Crippen MR) is 73.0 cm³/mol. The van der Waals surface area contributed by atoms with E-state index >= 15 is 0 Å². The molecule has 0 amide bonds. The van der Waals surface area contributed by atoms with Crippen LogP contribution in [0.1, 0.15) is 25.3 Å². The maximum atomic E-state index is 9.65. The molecule has 0 saturated heterocycles. The van der Waals surface area contributed by atoms with Crippen molar-refractivity contribution in [2.24, 2.45) is 0 Å². The first-order valence-corrected chi connectivity index (χ1v) is 6.62. The van der Waals surface area contributed by atoms with E-state index < -0.39 is 5.41 Å². The maximum Gasteiger partial charge on any atom is 0.0550 e. The van der Waals surface area contributed by atoms with E-state index in [1.165, 1.54) is 0 Å². The highest BCUT2D eigenvalue weighted by atomic mass is 35.5. The summed E-state index contributed by atoms with van der Waals surface area (Å²) in [5.74, 6) is 0. The van der Waals surface area contributed by atoms with Crippen molar-refractivity contribution in [3.63, 3.8) is 0 Å². The van der Waals surface area contributed by atoms with Gasteiger partial charge in [-0.2, -0.15) is 0 Å². The summed E-state index contributed by atoms with van der Waals surface area (Å²) in [6.07, 6.45) is 1.42. The molecule has 0 saturated carbocycles. The molecule has 0 aliphatic rings. The summed E-state index contributed by atoms with van der Waals surface area (Å²) in [6, 6.07) is 7.34. The van der Waals surface area contributed by atoms with Gasteiger partial charge in [-0.1, -0.05) is 29.8 Å². The van der Waals surface area contributed by atoms with E-state index in [0.29, 0.717) is 24.7 Å². The minimum absolute atomic E-state index is 0.126. The van der Waals surface area contributed by atoms with Gasteiger partial charge in [0, 0.05) is 23.7 Å². The molecule has 0 fully saturated rings. The summed E-state index contributed by atoms with van der Waals surface area (Å²) in [5.41, 5.74) is 0.114. The second-order valence-corrected chi connectivity index (χ2v) is 4.78. The fraction of sp³-hybridized carbons (Fsp3) is 0.571. The molecule has 3 nitrogen and oxygen atoms in total. The molecule has 1 aromatic carbocycles. The maximum absolute atomic E-state index is 9.65. The molecule has 0 heterocycles. The Morgan fingerprint density at radius 2 is 1.89 bits per heavy atom. The van der Waals surface area contributed by atoms with Gasteiger partial charge in [-0.05, 0) is 31.4 Å². The zero-order valence-electron chi connectivity index (χ0n) is 10.7. The SMILES string of the molecule is CCOCCCC(CO)(CO)c1ccccc1Cl. The first-order chi connectivity index (χ1) is 8.70. The van der Waals surface area contributed by atoms with Crippen molar-refractivity contribution in [1.29, 1.82) is 0 Å². The van der Waals surface area contributed by atoms with Crippen LogP contribution in [0.3, 0.4) is 0 Å². The molecule has 0 unspecified atom stereocenters. The smallest absolute Gasteiger partial charge is 0.0550 e. The Kier molecular flexibility index (Phi) is 6.65. The average Bonchev–Trinajstić information content (AvgIpc) is 2.41. The van der Waals surface area contributed by atoms with E-state index in [1.807, 2.05) is 25.1 Å². The van der Waals surface area contributed by atoms with E-state index in [9.17, 15) is 10.2 Å². The van der Waals surface area contributed by atoms with Crippen molar-refractivity contribution < 1.29 is 14.9 Å². The van der Waals surface area contributed by atoms with Gasteiger partial charge in [-0.3, -0.25) is 0 Å². The molecule has 18 heavy (non-hydrogen) atoms. The molecule has 0 aliphatic carbocycles. The second kappa shape index (κ2) is 7.74. The zero-order chi connectivity index (χ0) is 13.4. The molecule has 0 bridgehead atoms. The first kappa shape index (κ1) is 15.4. The third kappa shape index (κ3) is 3.69. The van der Waals surface area contributed by atoms with Gasteiger partial charge in [-0.15, -0.1) is 0 Å². The monoisotopic (exact) mass is 272 g/mol. The van der Waals surface area contributed by atoms with Crippen LogP contribution in [0.15, 0.2) is 24.3 Å². The largest absolute Gasteiger partial charge is 0.395 e. The van der Waals surface area contributed by atoms with Crippen LogP contribution in [0.4, 0.5) is 0 Å². The Bertz CT molecular complexity index is 351. The van der Waals surface area contributed by atoms with Crippen LogP contribution in [0.25, 0.3) is 0 Å². The van der Waals surface area contributed by atoms with E-state index in [1.54, 1.807) is 6.07 Å². The zero-order valence-corrected chi connectivity index (χ0v) is 11.5. The Morgan fingerprint density at radius 3 is 2.44 bits per heavy atom. The third-order valence-electron chi connectivity index (χ3n) is 3.20. The predicted octanol–water partition coefficient (Wildman–Crippen LogP) is 2.38. The number of benzene rings is 1. The Balaban J connectivity index is 2.83. The van der Waals surface area contributed by atoms with Crippen LogP contribution in [-0.4, -0.2) is 36.6 Å². The van der Waals surface area contributed by atoms with E-state index in [-0.39, 0.29) is 13.2 Å².